The molecule has 0 aliphatic heterocycles. The van der Waals surface area contributed by atoms with E-state index in [-0.39, 0.29) is 10.9 Å². The Kier molecular flexibility index (Phi) is 4.45. The maximum Gasteiger partial charge on any atom is 0.180 e. The number of methoxy groups -OCH3 is 1. The van der Waals surface area contributed by atoms with Gasteiger partial charge in [0, 0.05) is 6.26 Å². The first-order valence-corrected chi connectivity index (χ1v) is 9.74. The molecule has 6 nitrogen and oxygen atoms in total. The molecular weight excluding hydrogens is 326 g/mol. The smallest absolute Gasteiger partial charge is 0.180 e. The van der Waals surface area contributed by atoms with Gasteiger partial charge in [0.25, 0.3) is 0 Å². The van der Waals surface area contributed by atoms with Crippen molar-refractivity contribution < 1.29 is 13.2 Å². The van der Waals surface area contributed by atoms with Crippen LogP contribution in [0.15, 0.2) is 29.3 Å². The number of hydrogen-bond donors (Lipinski definition) is 1. The Bertz CT molecular complexity index is 865. The van der Waals surface area contributed by atoms with Crippen LogP contribution in [0.2, 0.25) is 0 Å². The van der Waals surface area contributed by atoms with Crippen LogP contribution in [0, 0.1) is 6.92 Å². The first-order chi connectivity index (χ1) is 11.4. The molecule has 0 amide bonds. The topological polar surface area (TPSA) is 81.2 Å². The number of rotatable bonds is 4. The molecule has 1 aromatic heterocycles. The van der Waals surface area contributed by atoms with Gasteiger partial charge >= 0.3 is 0 Å². The molecule has 0 bridgehead atoms. The van der Waals surface area contributed by atoms with Crippen molar-refractivity contribution in [3.8, 4) is 5.75 Å². The van der Waals surface area contributed by atoms with Gasteiger partial charge in [-0.3, -0.25) is 0 Å². The standard InChI is InChI=1S/C17H21N3O3S/c1-11-18-10-16(24(3,21)22)17(19-11)20-15-6-4-5-12-9-13(23-2)7-8-14(12)15/h7-10,15H,4-6H2,1-3H3,(H,18,19,20). The van der Waals surface area contributed by atoms with Crippen LogP contribution in [-0.4, -0.2) is 31.8 Å². The van der Waals surface area contributed by atoms with E-state index in [9.17, 15) is 8.42 Å². The van der Waals surface area contributed by atoms with Gasteiger partial charge in [-0.25, -0.2) is 18.4 Å². The summed E-state index contributed by atoms with van der Waals surface area (Å²) >= 11 is 0. The molecule has 0 fully saturated rings. The number of sulfone groups is 1. The second-order valence-electron chi connectivity index (χ2n) is 6.06. The van der Waals surface area contributed by atoms with Crippen molar-refractivity contribution in [3.63, 3.8) is 0 Å². The molecule has 0 saturated carbocycles. The molecule has 1 N–H and O–H groups in total. The van der Waals surface area contributed by atoms with Crippen LogP contribution in [0.25, 0.3) is 0 Å². The van der Waals surface area contributed by atoms with Crippen molar-refractivity contribution in [1.29, 1.82) is 0 Å². The number of aromatic nitrogens is 2. The number of anilines is 1. The minimum absolute atomic E-state index is 0.0226. The highest BCUT2D eigenvalue weighted by Gasteiger charge is 2.24. The van der Waals surface area contributed by atoms with Gasteiger partial charge in [0.15, 0.2) is 9.84 Å². The third-order valence-corrected chi connectivity index (χ3v) is 5.35. The van der Waals surface area contributed by atoms with Crippen molar-refractivity contribution in [2.75, 3.05) is 18.7 Å². The molecule has 0 spiro atoms. The second kappa shape index (κ2) is 6.39. The highest BCUT2D eigenvalue weighted by atomic mass is 32.2. The Labute approximate surface area is 142 Å². The number of benzene rings is 1. The summed E-state index contributed by atoms with van der Waals surface area (Å²) in [6, 6.07) is 6.04. The SMILES string of the molecule is COc1ccc2c(c1)CCCC2Nc1nc(C)ncc1S(C)(=O)=O. The van der Waals surface area contributed by atoms with Crippen molar-refractivity contribution in [2.45, 2.75) is 37.1 Å². The lowest BCUT2D eigenvalue weighted by molar-refractivity contribution is 0.413. The molecule has 2 aromatic rings. The van der Waals surface area contributed by atoms with Gasteiger partial charge in [-0.2, -0.15) is 0 Å². The van der Waals surface area contributed by atoms with Gasteiger partial charge in [-0.15, -0.1) is 0 Å². The molecule has 1 heterocycles. The van der Waals surface area contributed by atoms with Crippen molar-refractivity contribution in [2.24, 2.45) is 0 Å². The number of hydrogen-bond acceptors (Lipinski definition) is 6. The van der Waals surface area contributed by atoms with Crippen LogP contribution in [0.3, 0.4) is 0 Å². The molecule has 0 saturated heterocycles. The zero-order chi connectivity index (χ0) is 17.3. The van der Waals surface area contributed by atoms with E-state index < -0.39 is 9.84 Å². The Balaban J connectivity index is 1.98. The summed E-state index contributed by atoms with van der Waals surface area (Å²) in [7, 11) is -1.74. The fourth-order valence-electron chi connectivity index (χ4n) is 3.07. The van der Waals surface area contributed by atoms with Gasteiger partial charge in [0.2, 0.25) is 0 Å². The van der Waals surface area contributed by atoms with E-state index in [2.05, 4.69) is 15.3 Å². The third-order valence-electron chi connectivity index (χ3n) is 4.25. The number of ether oxygens (including phenoxy) is 1. The first-order valence-electron chi connectivity index (χ1n) is 7.85. The number of nitrogens with one attached hydrogen (secondary N) is 1. The van der Waals surface area contributed by atoms with Crippen LogP contribution in [-0.2, 0) is 16.3 Å². The van der Waals surface area contributed by atoms with Crippen molar-refractivity contribution in [3.05, 3.63) is 41.3 Å². The predicted octanol–water partition coefficient (Wildman–Crippen LogP) is 2.69. The summed E-state index contributed by atoms with van der Waals surface area (Å²) in [5.41, 5.74) is 2.39. The molecule has 0 radical (unpaired) electrons. The molecule has 1 atom stereocenters. The maximum atomic E-state index is 12.0. The van der Waals surface area contributed by atoms with Gasteiger partial charge in [-0.1, -0.05) is 6.07 Å². The monoisotopic (exact) mass is 347 g/mol. The quantitative estimate of drug-likeness (QED) is 0.916. The highest BCUT2D eigenvalue weighted by molar-refractivity contribution is 7.90. The van der Waals surface area contributed by atoms with Crippen LogP contribution >= 0.6 is 0 Å². The lowest BCUT2D eigenvalue weighted by Gasteiger charge is -2.27. The maximum absolute atomic E-state index is 12.0. The van der Waals surface area contributed by atoms with E-state index in [0.29, 0.717) is 11.6 Å². The zero-order valence-corrected chi connectivity index (χ0v) is 14.9. The van der Waals surface area contributed by atoms with Crippen molar-refractivity contribution >= 4 is 15.7 Å². The van der Waals surface area contributed by atoms with E-state index in [1.54, 1.807) is 14.0 Å². The third kappa shape index (κ3) is 3.36. The molecular formula is C17H21N3O3S. The molecule has 7 heteroatoms. The number of aryl methyl sites for hydroxylation is 2. The summed E-state index contributed by atoms with van der Waals surface area (Å²) in [5.74, 6) is 1.75. The van der Waals surface area contributed by atoms with E-state index in [0.717, 1.165) is 30.6 Å². The molecule has 24 heavy (non-hydrogen) atoms. The molecule has 1 unspecified atom stereocenters. The summed E-state index contributed by atoms with van der Waals surface area (Å²) < 4.78 is 29.3. The molecule has 1 aliphatic carbocycles. The van der Waals surface area contributed by atoms with E-state index in [1.165, 1.54) is 18.0 Å². The molecule has 1 aliphatic rings. The van der Waals surface area contributed by atoms with Gasteiger partial charge in [0.05, 0.1) is 19.3 Å². The van der Waals surface area contributed by atoms with Gasteiger partial charge in [-0.05, 0) is 49.4 Å². The lowest BCUT2D eigenvalue weighted by Crippen LogP contribution is -2.20. The highest BCUT2D eigenvalue weighted by Crippen LogP contribution is 2.35. The molecule has 128 valence electrons. The summed E-state index contributed by atoms with van der Waals surface area (Å²) in [4.78, 5) is 8.47. The normalized spacial score (nSPS) is 17.2. The van der Waals surface area contributed by atoms with Crippen LogP contribution in [0.1, 0.15) is 35.8 Å². The second-order valence-corrected chi connectivity index (χ2v) is 8.04. The fraction of sp³-hybridized carbons (Fsp3) is 0.412. The lowest BCUT2D eigenvalue weighted by atomic mass is 9.87. The van der Waals surface area contributed by atoms with E-state index in [4.69, 9.17) is 4.74 Å². The summed E-state index contributed by atoms with van der Waals surface area (Å²) in [6.07, 6.45) is 5.48. The Morgan fingerprint density at radius 2 is 2.12 bits per heavy atom. The average molecular weight is 347 g/mol. The minimum atomic E-state index is -3.40. The minimum Gasteiger partial charge on any atom is -0.497 e. The van der Waals surface area contributed by atoms with Crippen LogP contribution in [0.5, 0.6) is 5.75 Å². The number of fused-ring (bicyclic) bond motifs is 1. The average Bonchev–Trinajstić information content (AvgIpc) is 2.53. The van der Waals surface area contributed by atoms with Gasteiger partial charge in [0.1, 0.15) is 22.3 Å². The molecule has 1 aromatic carbocycles. The summed E-state index contributed by atoms with van der Waals surface area (Å²) in [5, 5.41) is 3.32. The fourth-order valence-corrected chi connectivity index (χ4v) is 3.77. The first kappa shape index (κ1) is 16.7. The Morgan fingerprint density at radius 1 is 1.33 bits per heavy atom. The van der Waals surface area contributed by atoms with Gasteiger partial charge < -0.3 is 10.1 Å². The Hall–Kier alpha value is -2.15. The Morgan fingerprint density at radius 3 is 2.83 bits per heavy atom. The van der Waals surface area contributed by atoms with E-state index >= 15 is 0 Å². The predicted molar refractivity (Wildman–Crippen MR) is 92.2 cm³/mol. The largest absolute Gasteiger partial charge is 0.497 e. The molecule has 3 rings (SSSR count). The van der Waals surface area contributed by atoms with E-state index in [1.807, 2.05) is 18.2 Å². The van der Waals surface area contributed by atoms with Crippen LogP contribution < -0.4 is 10.1 Å². The zero-order valence-electron chi connectivity index (χ0n) is 14.0. The summed E-state index contributed by atoms with van der Waals surface area (Å²) in [6.45, 7) is 1.75. The number of nitrogens with zero attached hydrogens (tertiary/aromatic N) is 2. The van der Waals surface area contributed by atoms with Crippen molar-refractivity contribution in [1.82, 2.24) is 9.97 Å². The van der Waals surface area contributed by atoms with Crippen LogP contribution in [0.4, 0.5) is 5.82 Å².